The second kappa shape index (κ2) is 6.89. The van der Waals surface area contributed by atoms with Crippen LogP contribution >= 0.6 is 23.7 Å². The zero-order chi connectivity index (χ0) is 14.9. The van der Waals surface area contributed by atoms with Crippen molar-refractivity contribution in [2.75, 3.05) is 29.4 Å². The molecule has 0 bridgehead atoms. The maximum atomic E-state index is 11.9. The minimum atomic E-state index is 0. The predicted octanol–water partition coefficient (Wildman–Crippen LogP) is 3.96. The first-order valence-electron chi connectivity index (χ1n) is 7.92. The summed E-state index contributed by atoms with van der Waals surface area (Å²) in [4.78, 5) is 20.9. The van der Waals surface area contributed by atoms with Gasteiger partial charge in [-0.2, -0.15) is 0 Å². The van der Waals surface area contributed by atoms with E-state index in [2.05, 4.69) is 22.4 Å². The fourth-order valence-corrected chi connectivity index (χ4v) is 4.09. The second-order valence-electron chi connectivity index (χ2n) is 5.91. The lowest BCUT2D eigenvalue weighted by molar-refractivity contribution is -0.117. The topological polar surface area (TPSA) is 36.4 Å². The Hall–Kier alpha value is -1.59. The number of hydrogen-bond acceptors (Lipinski definition) is 4. The molecule has 0 unspecified atom stereocenters. The summed E-state index contributed by atoms with van der Waals surface area (Å²) < 4.78 is 0. The van der Waals surface area contributed by atoms with Crippen LogP contribution in [0.4, 0.5) is 10.8 Å². The van der Waals surface area contributed by atoms with Crippen LogP contribution in [0.5, 0.6) is 0 Å². The summed E-state index contributed by atoms with van der Waals surface area (Å²) in [6, 6.07) is 8.20. The quantitative estimate of drug-likeness (QED) is 0.841. The molecule has 0 spiro atoms. The first-order valence-corrected chi connectivity index (χ1v) is 8.80. The number of amides is 1. The Kier molecular flexibility index (Phi) is 4.87. The highest BCUT2D eigenvalue weighted by molar-refractivity contribution is 7.14. The van der Waals surface area contributed by atoms with E-state index >= 15 is 0 Å². The molecule has 4 rings (SSSR count). The molecule has 1 aromatic heterocycles. The molecule has 0 atom stereocenters. The van der Waals surface area contributed by atoms with Gasteiger partial charge in [0.1, 0.15) is 0 Å². The van der Waals surface area contributed by atoms with Gasteiger partial charge in [0.05, 0.1) is 5.69 Å². The lowest BCUT2D eigenvalue weighted by Crippen LogP contribution is -2.23. The number of thiazole rings is 1. The Balaban J connectivity index is 0.00000156. The lowest BCUT2D eigenvalue weighted by atomic mass is 10.1. The van der Waals surface area contributed by atoms with Crippen molar-refractivity contribution >= 4 is 40.5 Å². The molecule has 6 heteroatoms. The van der Waals surface area contributed by atoms with E-state index in [0.717, 1.165) is 48.1 Å². The van der Waals surface area contributed by atoms with Crippen LogP contribution < -0.4 is 9.80 Å². The Labute approximate surface area is 146 Å². The van der Waals surface area contributed by atoms with Crippen molar-refractivity contribution in [3.05, 3.63) is 29.6 Å². The first kappa shape index (κ1) is 16.3. The Morgan fingerprint density at radius 2 is 1.91 bits per heavy atom. The molecule has 2 aliphatic heterocycles. The molecule has 1 aromatic carbocycles. The summed E-state index contributed by atoms with van der Waals surface area (Å²) in [5.41, 5.74) is 3.11. The van der Waals surface area contributed by atoms with Crippen molar-refractivity contribution < 1.29 is 4.79 Å². The van der Waals surface area contributed by atoms with Gasteiger partial charge >= 0.3 is 0 Å². The van der Waals surface area contributed by atoms with Crippen molar-refractivity contribution in [1.82, 2.24) is 4.98 Å². The van der Waals surface area contributed by atoms with Crippen LogP contribution in [0.25, 0.3) is 11.3 Å². The van der Waals surface area contributed by atoms with Gasteiger partial charge in [-0.1, -0.05) is 12.1 Å². The second-order valence-corrected chi connectivity index (χ2v) is 6.75. The van der Waals surface area contributed by atoms with Crippen LogP contribution in [-0.4, -0.2) is 30.5 Å². The van der Waals surface area contributed by atoms with Gasteiger partial charge in [-0.3, -0.25) is 4.79 Å². The van der Waals surface area contributed by atoms with Gasteiger partial charge in [0, 0.05) is 42.7 Å². The largest absolute Gasteiger partial charge is 0.348 e. The van der Waals surface area contributed by atoms with Crippen LogP contribution in [0.3, 0.4) is 0 Å². The van der Waals surface area contributed by atoms with E-state index in [1.165, 1.54) is 12.8 Å². The third-order valence-electron chi connectivity index (χ3n) is 4.40. The molecule has 2 aliphatic rings. The van der Waals surface area contributed by atoms with Crippen molar-refractivity contribution in [1.29, 1.82) is 0 Å². The number of carbonyl (C=O) groups excluding carboxylic acids is 1. The Bertz CT molecular complexity index is 697. The molecule has 2 fully saturated rings. The van der Waals surface area contributed by atoms with E-state index in [-0.39, 0.29) is 18.3 Å². The molecule has 23 heavy (non-hydrogen) atoms. The molecule has 122 valence electrons. The summed E-state index contributed by atoms with van der Waals surface area (Å²) in [6.45, 7) is 3.07. The van der Waals surface area contributed by atoms with E-state index in [4.69, 9.17) is 4.98 Å². The third-order valence-corrected chi connectivity index (χ3v) is 5.30. The summed E-state index contributed by atoms with van der Waals surface area (Å²) in [6.07, 6.45) is 4.15. The predicted molar refractivity (Wildman–Crippen MR) is 97.8 cm³/mol. The van der Waals surface area contributed by atoms with Gasteiger partial charge in [0.2, 0.25) is 5.91 Å². The number of anilines is 2. The van der Waals surface area contributed by atoms with Crippen LogP contribution in [0, 0.1) is 0 Å². The van der Waals surface area contributed by atoms with Gasteiger partial charge in [0.25, 0.3) is 0 Å². The fourth-order valence-electron chi connectivity index (χ4n) is 3.20. The van der Waals surface area contributed by atoms with E-state index in [1.807, 2.05) is 17.0 Å². The van der Waals surface area contributed by atoms with E-state index in [9.17, 15) is 4.79 Å². The molecule has 1 amide bonds. The minimum absolute atomic E-state index is 0. The van der Waals surface area contributed by atoms with Crippen molar-refractivity contribution in [3.8, 4) is 11.3 Å². The molecule has 0 saturated carbocycles. The standard InChI is InChI=1S/C17H19N3OS.ClH/c21-16-7-4-10-20(16)14-6-3-5-13(11-14)15-12-22-17(18-15)19-8-1-2-9-19;/h3,5-6,11-12H,1-2,4,7-10H2;1H. The minimum Gasteiger partial charge on any atom is -0.348 e. The molecule has 4 nitrogen and oxygen atoms in total. The van der Waals surface area contributed by atoms with Gasteiger partial charge in [0.15, 0.2) is 5.13 Å². The van der Waals surface area contributed by atoms with Crippen LogP contribution in [0.15, 0.2) is 29.6 Å². The van der Waals surface area contributed by atoms with Crippen LogP contribution in [0.2, 0.25) is 0 Å². The average molecular weight is 350 g/mol. The molecule has 0 radical (unpaired) electrons. The molecule has 2 saturated heterocycles. The lowest BCUT2D eigenvalue weighted by Gasteiger charge is -2.16. The van der Waals surface area contributed by atoms with Gasteiger partial charge < -0.3 is 9.80 Å². The molecule has 2 aromatic rings. The smallest absolute Gasteiger partial charge is 0.227 e. The van der Waals surface area contributed by atoms with Crippen molar-refractivity contribution in [3.63, 3.8) is 0 Å². The summed E-state index contributed by atoms with van der Waals surface area (Å²) in [7, 11) is 0. The number of carbonyl (C=O) groups is 1. The monoisotopic (exact) mass is 349 g/mol. The summed E-state index contributed by atoms with van der Waals surface area (Å²) in [5, 5.41) is 3.24. The third kappa shape index (κ3) is 3.21. The highest BCUT2D eigenvalue weighted by Crippen LogP contribution is 2.32. The first-order chi connectivity index (χ1) is 10.8. The Morgan fingerprint density at radius 3 is 2.65 bits per heavy atom. The van der Waals surface area contributed by atoms with E-state index < -0.39 is 0 Å². The number of rotatable bonds is 3. The molecule has 3 heterocycles. The van der Waals surface area contributed by atoms with Gasteiger partial charge in [-0.15, -0.1) is 23.7 Å². The summed E-state index contributed by atoms with van der Waals surface area (Å²) >= 11 is 1.71. The normalized spacial score (nSPS) is 17.7. The maximum Gasteiger partial charge on any atom is 0.227 e. The van der Waals surface area contributed by atoms with Crippen LogP contribution in [0.1, 0.15) is 25.7 Å². The fraction of sp³-hybridized carbons (Fsp3) is 0.412. The van der Waals surface area contributed by atoms with Crippen molar-refractivity contribution in [2.24, 2.45) is 0 Å². The van der Waals surface area contributed by atoms with Crippen LogP contribution in [-0.2, 0) is 4.79 Å². The maximum absolute atomic E-state index is 11.9. The molecule has 0 N–H and O–H groups in total. The van der Waals surface area contributed by atoms with Gasteiger partial charge in [-0.25, -0.2) is 4.98 Å². The average Bonchev–Trinajstić information content (AvgIpc) is 3.28. The molecular weight excluding hydrogens is 330 g/mol. The highest BCUT2D eigenvalue weighted by Gasteiger charge is 2.22. The summed E-state index contributed by atoms with van der Waals surface area (Å²) in [5.74, 6) is 0.230. The zero-order valence-electron chi connectivity index (χ0n) is 12.9. The number of benzene rings is 1. The number of aromatic nitrogens is 1. The van der Waals surface area contributed by atoms with E-state index in [1.54, 1.807) is 11.3 Å². The van der Waals surface area contributed by atoms with E-state index in [0.29, 0.717) is 6.42 Å². The SMILES string of the molecule is Cl.O=C1CCCN1c1cccc(-c2csc(N3CCCC3)n2)c1. The Morgan fingerprint density at radius 1 is 1.09 bits per heavy atom. The number of nitrogens with zero attached hydrogens (tertiary/aromatic N) is 3. The van der Waals surface area contributed by atoms with Gasteiger partial charge in [-0.05, 0) is 31.4 Å². The molecule has 0 aliphatic carbocycles. The number of halogens is 1. The highest BCUT2D eigenvalue weighted by atomic mass is 35.5. The number of hydrogen-bond donors (Lipinski definition) is 0. The zero-order valence-corrected chi connectivity index (χ0v) is 14.5. The molecular formula is C17H20ClN3OS. The van der Waals surface area contributed by atoms with Crippen molar-refractivity contribution in [2.45, 2.75) is 25.7 Å².